The van der Waals surface area contributed by atoms with E-state index >= 15 is 0 Å². The molecular formula is C16H21NO6S. The third-order valence-electron chi connectivity index (χ3n) is 3.89. The topological polar surface area (TPSA) is 101 Å². The van der Waals surface area contributed by atoms with E-state index in [2.05, 4.69) is 0 Å². The first-order valence-electron chi connectivity index (χ1n) is 7.74. The van der Waals surface area contributed by atoms with Crippen molar-refractivity contribution in [2.75, 3.05) is 25.4 Å². The Morgan fingerprint density at radius 1 is 1.38 bits per heavy atom. The summed E-state index contributed by atoms with van der Waals surface area (Å²) in [6.07, 6.45) is -0.576. The van der Waals surface area contributed by atoms with Gasteiger partial charge in [0, 0.05) is 13.1 Å². The van der Waals surface area contributed by atoms with Gasteiger partial charge in [-0.15, -0.1) is 0 Å². The van der Waals surface area contributed by atoms with E-state index < -0.39 is 21.9 Å². The van der Waals surface area contributed by atoms with Crippen LogP contribution in [0.5, 0.6) is 0 Å². The lowest BCUT2D eigenvalue weighted by molar-refractivity contribution is -0.147. The molecule has 0 aliphatic carbocycles. The number of carboxylic acids is 1. The van der Waals surface area contributed by atoms with Crippen LogP contribution in [0.3, 0.4) is 0 Å². The standard InChI is InChI=1S/C16H21NO6S/c1-2-24(21,22)14-5-3-4-12(8-14)9-15(18)17-6-7-23-13(11-17)10-16(19)20/h3-5,8,13H,2,6-7,9-11H2,1H3,(H,19,20). The summed E-state index contributed by atoms with van der Waals surface area (Å²) in [6.45, 7) is 2.51. The maximum atomic E-state index is 12.4. The minimum absolute atomic E-state index is 0.00469. The Hall–Kier alpha value is -1.93. The van der Waals surface area contributed by atoms with Gasteiger partial charge in [0.2, 0.25) is 5.91 Å². The van der Waals surface area contributed by atoms with Gasteiger partial charge < -0.3 is 14.7 Å². The summed E-state index contributed by atoms with van der Waals surface area (Å²) in [4.78, 5) is 24.9. The molecule has 0 radical (unpaired) electrons. The van der Waals surface area contributed by atoms with E-state index in [-0.39, 0.29) is 35.9 Å². The number of hydrogen-bond donors (Lipinski definition) is 1. The summed E-state index contributed by atoms with van der Waals surface area (Å²) < 4.78 is 29.2. The lowest BCUT2D eigenvalue weighted by Gasteiger charge is -2.32. The smallest absolute Gasteiger partial charge is 0.306 e. The summed E-state index contributed by atoms with van der Waals surface area (Å²) in [5, 5.41) is 8.82. The molecule has 0 spiro atoms. The Morgan fingerprint density at radius 3 is 2.79 bits per heavy atom. The number of nitrogens with zero attached hydrogens (tertiary/aromatic N) is 1. The molecule has 7 nitrogen and oxygen atoms in total. The first kappa shape index (κ1) is 18.4. The van der Waals surface area contributed by atoms with Crippen LogP contribution >= 0.6 is 0 Å². The molecular weight excluding hydrogens is 334 g/mol. The first-order chi connectivity index (χ1) is 11.3. The van der Waals surface area contributed by atoms with Crippen molar-refractivity contribution in [2.45, 2.75) is 30.8 Å². The molecule has 1 aromatic carbocycles. The van der Waals surface area contributed by atoms with Crippen molar-refractivity contribution in [1.82, 2.24) is 4.90 Å². The van der Waals surface area contributed by atoms with Gasteiger partial charge in [-0.05, 0) is 17.7 Å². The summed E-state index contributed by atoms with van der Waals surface area (Å²) in [5.41, 5.74) is 0.621. The maximum Gasteiger partial charge on any atom is 0.306 e. The molecule has 1 amide bonds. The number of hydrogen-bond acceptors (Lipinski definition) is 5. The average molecular weight is 355 g/mol. The Bertz CT molecular complexity index is 715. The number of ether oxygens (including phenoxy) is 1. The van der Waals surface area contributed by atoms with Crippen LogP contribution in [0, 0.1) is 0 Å². The lowest BCUT2D eigenvalue weighted by atomic mass is 10.1. The number of carbonyl (C=O) groups excluding carboxylic acids is 1. The van der Waals surface area contributed by atoms with Gasteiger partial charge >= 0.3 is 5.97 Å². The normalized spacial score (nSPS) is 18.4. The van der Waals surface area contributed by atoms with Crippen molar-refractivity contribution in [1.29, 1.82) is 0 Å². The summed E-state index contributed by atoms with van der Waals surface area (Å²) in [5.74, 6) is -1.13. The van der Waals surface area contributed by atoms with Crippen LogP contribution in [0.4, 0.5) is 0 Å². The summed E-state index contributed by atoms with van der Waals surface area (Å²) in [6, 6.07) is 6.37. The average Bonchev–Trinajstić information content (AvgIpc) is 2.54. The van der Waals surface area contributed by atoms with Crippen LogP contribution in [0.2, 0.25) is 0 Å². The van der Waals surface area contributed by atoms with Gasteiger partial charge in [-0.25, -0.2) is 8.42 Å². The largest absolute Gasteiger partial charge is 0.481 e. The predicted molar refractivity (Wildman–Crippen MR) is 86.4 cm³/mol. The minimum Gasteiger partial charge on any atom is -0.481 e. The number of sulfone groups is 1. The molecule has 1 aliphatic heterocycles. The molecule has 1 atom stereocenters. The zero-order valence-corrected chi connectivity index (χ0v) is 14.3. The molecule has 1 unspecified atom stereocenters. The highest BCUT2D eigenvalue weighted by molar-refractivity contribution is 7.91. The van der Waals surface area contributed by atoms with E-state index in [1.54, 1.807) is 24.0 Å². The van der Waals surface area contributed by atoms with E-state index in [1.807, 2.05) is 0 Å². The number of morpholine rings is 1. The molecule has 0 saturated carbocycles. The molecule has 1 aliphatic rings. The third-order valence-corrected chi connectivity index (χ3v) is 5.62. The van der Waals surface area contributed by atoms with E-state index in [0.29, 0.717) is 18.7 Å². The zero-order chi connectivity index (χ0) is 17.7. The van der Waals surface area contributed by atoms with Crippen molar-refractivity contribution in [3.8, 4) is 0 Å². The second-order valence-electron chi connectivity index (χ2n) is 5.66. The Morgan fingerprint density at radius 2 is 2.12 bits per heavy atom. The molecule has 8 heteroatoms. The van der Waals surface area contributed by atoms with E-state index in [1.165, 1.54) is 12.1 Å². The minimum atomic E-state index is -3.31. The first-order valence-corrected chi connectivity index (χ1v) is 9.40. The fourth-order valence-electron chi connectivity index (χ4n) is 2.57. The Balaban J connectivity index is 2.04. The summed E-state index contributed by atoms with van der Waals surface area (Å²) in [7, 11) is -3.31. The van der Waals surface area contributed by atoms with Crippen LogP contribution in [-0.2, 0) is 30.6 Å². The van der Waals surface area contributed by atoms with Crippen molar-refractivity contribution >= 4 is 21.7 Å². The second kappa shape index (κ2) is 7.76. The van der Waals surface area contributed by atoms with Crippen LogP contribution in [0.25, 0.3) is 0 Å². The second-order valence-corrected chi connectivity index (χ2v) is 7.94. The van der Waals surface area contributed by atoms with Crippen molar-refractivity contribution in [3.05, 3.63) is 29.8 Å². The number of benzene rings is 1. The van der Waals surface area contributed by atoms with Crippen LogP contribution in [0.1, 0.15) is 18.9 Å². The molecule has 1 heterocycles. The van der Waals surface area contributed by atoms with Crippen LogP contribution < -0.4 is 0 Å². The van der Waals surface area contributed by atoms with Gasteiger partial charge in [-0.3, -0.25) is 9.59 Å². The zero-order valence-electron chi connectivity index (χ0n) is 13.5. The highest BCUT2D eigenvalue weighted by Crippen LogP contribution is 2.16. The van der Waals surface area contributed by atoms with Crippen LogP contribution in [0.15, 0.2) is 29.2 Å². The van der Waals surface area contributed by atoms with E-state index in [9.17, 15) is 18.0 Å². The molecule has 24 heavy (non-hydrogen) atoms. The summed E-state index contributed by atoms with van der Waals surface area (Å²) >= 11 is 0. The van der Waals surface area contributed by atoms with Gasteiger partial charge in [0.1, 0.15) is 0 Å². The quantitative estimate of drug-likeness (QED) is 0.807. The monoisotopic (exact) mass is 355 g/mol. The van der Waals surface area contributed by atoms with Crippen LogP contribution in [-0.4, -0.2) is 61.9 Å². The van der Waals surface area contributed by atoms with Gasteiger partial charge in [0.05, 0.1) is 36.2 Å². The SMILES string of the molecule is CCS(=O)(=O)c1cccc(CC(=O)N2CCOC(CC(=O)O)C2)c1. The molecule has 1 fully saturated rings. The van der Waals surface area contributed by atoms with Crippen molar-refractivity contribution in [2.24, 2.45) is 0 Å². The van der Waals surface area contributed by atoms with Gasteiger partial charge in [-0.1, -0.05) is 19.1 Å². The van der Waals surface area contributed by atoms with Gasteiger partial charge in [0.25, 0.3) is 0 Å². The molecule has 1 saturated heterocycles. The van der Waals surface area contributed by atoms with Crippen molar-refractivity contribution in [3.63, 3.8) is 0 Å². The number of carbonyl (C=O) groups is 2. The Labute approximate surface area is 141 Å². The third kappa shape index (κ3) is 4.78. The number of rotatable bonds is 6. The molecule has 1 aromatic rings. The lowest BCUT2D eigenvalue weighted by Crippen LogP contribution is -2.46. The number of amides is 1. The molecule has 0 bridgehead atoms. The molecule has 132 valence electrons. The van der Waals surface area contributed by atoms with Crippen molar-refractivity contribution < 1.29 is 27.9 Å². The molecule has 0 aromatic heterocycles. The Kier molecular flexibility index (Phi) is 5.95. The highest BCUT2D eigenvalue weighted by atomic mass is 32.2. The fourth-order valence-corrected chi connectivity index (χ4v) is 3.52. The molecule has 2 rings (SSSR count). The maximum absolute atomic E-state index is 12.4. The van der Waals surface area contributed by atoms with E-state index in [4.69, 9.17) is 9.84 Å². The predicted octanol–water partition coefficient (Wildman–Crippen LogP) is 0.725. The number of aliphatic carboxylic acids is 1. The molecule has 1 N–H and O–H groups in total. The fraction of sp³-hybridized carbons (Fsp3) is 0.500. The highest BCUT2D eigenvalue weighted by Gasteiger charge is 2.26. The van der Waals surface area contributed by atoms with Gasteiger partial charge in [-0.2, -0.15) is 0 Å². The number of carboxylic acid groups (broad SMARTS) is 1. The van der Waals surface area contributed by atoms with E-state index in [0.717, 1.165) is 0 Å². The van der Waals surface area contributed by atoms with Gasteiger partial charge in [0.15, 0.2) is 9.84 Å².